The van der Waals surface area contributed by atoms with Gasteiger partial charge in [-0.2, -0.15) is 0 Å². The zero-order valence-electron chi connectivity index (χ0n) is 22.3. The maximum absolute atomic E-state index is 14.2. The minimum absolute atomic E-state index is 0.00586. The number of carbonyl (C=O) groups is 1. The van der Waals surface area contributed by atoms with Crippen LogP contribution in [0.3, 0.4) is 0 Å². The number of piperazine rings is 1. The van der Waals surface area contributed by atoms with Crippen molar-refractivity contribution in [1.29, 1.82) is 0 Å². The van der Waals surface area contributed by atoms with Crippen molar-refractivity contribution in [2.45, 2.75) is 44.9 Å². The molecule has 2 aliphatic heterocycles. The Hall–Kier alpha value is -4.41. The van der Waals surface area contributed by atoms with Gasteiger partial charge in [0.05, 0.1) is 24.7 Å². The van der Waals surface area contributed by atoms with E-state index < -0.39 is 5.60 Å². The highest BCUT2D eigenvalue weighted by atomic mass is 19.1. The summed E-state index contributed by atoms with van der Waals surface area (Å²) in [4.78, 5) is 26.4. The predicted molar refractivity (Wildman–Crippen MR) is 145 cm³/mol. The molecule has 2 N–H and O–H groups in total. The van der Waals surface area contributed by atoms with Gasteiger partial charge in [0.25, 0.3) is 0 Å². The molecule has 2 aromatic carbocycles. The second-order valence-electron chi connectivity index (χ2n) is 10.9. The highest BCUT2D eigenvalue weighted by molar-refractivity contribution is 5.91. The standard InChI is InChI=1S/C28H30FN7O3/c1-28(2,3)39-27(37)35-15-18-11-19(35)14-34(18)23-13-24(32-26(31-23)16-6-5-7-17(29)10-16)36-22-12-20(38-4)8-9-21(22)25(30)33-36/h5-10,12-13,18-19H,11,14-15H2,1-4H3,(H2,30,33)/t18-,19-/m0/s1. The molecule has 2 bridgehead atoms. The van der Waals surface area contributed by atoms with Gasteiger partial charge >= 0.3 is 6.09 Å². The first kappa shape index (κ1) is 24.9. The Labute approximate surface area is 225 Å². The molecule has 2 aromatic heterocycles. The Kier molecular flexibility index (Phi) is 5.81. The quantitative estimate of drug-likeness (QED) is 0.412. The van der Waals surface area contributed by atoms with Crippen LogP contribution in [-0.2, 0) is 4.74 Å². The second kappa shape index (κ2) is 9.11. The zero-order chi connectivity index (χ0) is 27.5. The van der Waals surface area contributed by atoms with E-state index in [0.29, 0.717) is 47.7 Å². The van der Waals surface area contributed by atoms with E-state index in [0.717, 1.165) is 17.3 Å². The molecule has 1 amide bonds. The lowest BCUT2D eigenvalue weighted by Crippen LogP contribution is -2.50. The van der Waals surface area contributed by atoms with E-state index >= 15 is 0 Å². The van der Waals surface area contributed by atoms with Crippen LogP contribution in [0.15, 0.2) is 48.5 Å². The molecule has 4 aromatic rings. The molecule has 0 aliphatic carbocycles. The average molecular weight is 532 g/mol. The van der Waals surface area contributed by atoms with Crippen molar-refractivity contribution >= 4 is 28.6 Å². The number of methoxy groups -OCH3 is 1. The highest BCUT2D eigenvalue weighted by Crippen LogP contribution is 2.36. The van der Waals surface area contributed by atoms with Crippen molar-refractivity contribution in [3.8, 4) is 23.0 Å². The van der Waals surface area contributed by atoms with E-state index in [2.05, 4.69) is 10.00 Å². The summed E-state index contributed by atoms with van der Waals surface area (Å²) in [6.45, 7) is 6.72. The van der Waals surface area contributed by atoms with Gasteiger partial charge in [0.15, 0.2) is 17.5 Å². The van der Waals surface area contributed by atoms with Gasteiger partial charge < -0.3 is 25.0 Å². The van der Waals surface area contributed by atoms with E-state index in [1.165, 1.54) is 12.1 Å². The van der Waals surface area contributed by atoms with Crippen LogP contribution >= 0.6 is 0 Å². The first-order chi connectivity index (χ1) is 18.6. The molecule has 2 fully saturated rings. The Bertz CT molecular complexity index is 1580. The largest absolute Gasteiger partial charge is 0.497 e. The Morgan fingerprint density at radius 3 is 2.54 bits per heavy atom. The van der Waals surface area contributed by atoms with Crippen LogP contribution in [-0.4, -0.2) is 68.6 Å². The van der Waals surface area contributed by atoms with E-state index in [4.69, 9.17) is 25.2 Å². The third-order valence-electron chi connectivity index (χ3n) is 7.08. The summed E-state index contributed by atoms with van der Waals surface area (Å²) in [6, 6.07) is 13.6. The topological polar surface area (TPSA) is 112 Å². The summed E-state index contributed by atoms with van der Waals surface area (Å²) in [5.74, 6) is 2.14. The number of hydrogen-bond donors (Lipinski definition) is 1. The third-order valence-corrected chi connectivity index (χ3v) is 7.08. The fraction of sp³-hybridized carbons (Fsp3) is 0.357. The Morgan fingerprint density at radius 2 is 1.85 bits per heavy atom. The van der Waals surface area contributed by atoms with E-state index in [1.54, 1.807) is 28.8 Å². The summed E-state index contributed by atoms with van der Waals surface area (Å²) in [5.41, 5.74) is 6.95. The number of fused-ring (bicyclic) bond motifs is 3. The number of ether oxygens (including phenoxy) is 2. The van der Waals surface area contributed by atoms with Crippen molar-refractivity contribution < 1.29 is 18.7 Å². The zero-order valence-corrected chi connectivity index (χ0v) is 22.3. The lowest BCUT2D eigenvalue weighted by molar-refractivity contribution is 0.0214. The number of amides is 1. The molecule has 2 aliphatic rings. The fourth-order valence-electron chi connectivity index (χ4n) is 5.35. The third kappa shape index (κ3) is 4.58. The molecule has 10 nitrogen and oxygen atoms in total. The molecule has 0 spiro atoms. The number of aromatic nitrogens is 4. The van der Waals surface area contributed by atoms with Gasteiger partial charge in [-0.15, -0.1) is 5.10 Å². The number of nitrogens with two attached hydrogens (primary N) is 1. The van der Waals surface area contributed by atoms with Crippen LogP contribution in [0.1, 0.15) is 27.2 Å². The van der Waals surface area contributed by atoms with E-state index in [-0.39, 0.29) is 24.0 Å². The first-order valence-electron chi connectivity index (χ1n) is 12.8. The molecule has 0 radical (unpaired) electrons. The van der Waals surface area contributed by atoms with E-state index in [1.807, 2.05) is 45.0 Å². The average Bonchev–Trinajstić information content (AvgIpc) is 3.60. The maximum atomic E-state index is 14.2. The van der Waals surface area contributed by atoms with Crippen LogP contribution in [0.4, 0.5) is 20.8 Å². The molecular weight excluding hydrogens is 501 g/mol. The number of nitrogens with zero attached hydrogens (tertiary/aromatic N) is 6. The molecular formula is C28H30FN7O3. The molecule has 2 saturated heterocycles. The van der Waals surface area contributed by atoms with Crippen molar-refractivity contribution in [3.63, 3.8) is 0 Å². The normalized spacial score (nSPS) is 18.7. The molecule has 0 unspecified atom stereocenters. The Morgan fingerprint density at radius 1 is 1.05 bits per heavy atom. The van der Waals surface area contributed by atoms with Gasteiger partial charge in [0.1, 0.15) is 23.0 Å². The monoisotopic (exact) mass is 531 g/mol. The second-order valence-corrected chi connectivity index (χ2v) is 10.9. The van der Waals surface area contributed by atoms with Crippen LogP contribution in [0.2, 0.25) is 0 Å². The molecule has 39 heavy (non-hydrogen) atoms. The van der Waals surface area contributed by atoms with Crippen LogP contribution in [0.5, 0.6) is 5.75 Å². The molecule has 0 saturated carbocycles. The lowest BCUT2D eigenvalue weighted by Gasteiger charge is -2.35. The number of benzene rings is 2. The molecule has 2 atom stereocenters. The van der Waals surface area contributed by atoms with Crippen molar-refractivity contribution in [2.75, 3.05) is 30.8 Å². The van der Waals surface area contributed by atoms with Crippen LogP contribution in [0.25, 0.3) is 28.1 Å². The Balaban J connectivity index is 1.41. The van der Waals surface area contributed by atoms with Gasteiger partial charge in [-0.05, 0) is 51.5 Å². The number of nitrogen functional groups attached to an aromatic ring is 1. The summed E-state index contributed by atoms with van der Waals surface area (Å²) in [7, 11) is 1.60. The lowest BCUT2D eigenvalue weighted by atomic mass is 10.2. The number of hydrogen-bond acceptors (Lipinski definition) is 8. The summed E-state index contributed by atoms with van der Waals surface area (Å²) < 4.78 is 26.9. The molecule has 202 valence electrons. The smallest absolute Gasteiger partial charge is 0.410 e. The van der Waals surface area contributed by atoms with Crippen LogP contribution in [0, 0.1) is 5.82 Å². The molecule has 6 rings (SSSR count). The summed E-state index contributed by atoms with van der Waals surface area (Å²) >= 11 is 0. The number of rotatable bonds is 4. The van der Waals surface area contributed by atoms with Crippen LogP contribution < -0.4 is 15.4 Å². The van der Waals surface area contributed by atoms with E-state index in [9.17, 15) is 9.18 Å². The number of halogens is 1. The first-order valence-corrected chi connectivity index (χ1v) is 12.8. The summed E-state index contributed by atoms with van der Waals surface area (Å²) in [5, 5.41) is 5.32. The predicted octanol–water partition coefficient (Wildman–Crippen LogP) is 4.41. The molecule has 4 heterocycles. The van der Waals surface area contributed by atoms with Crippen molar-refractivity contribution in [2.24, 2.45) is 0 Å². The van der Waals surface area contributed by atoms with Gasteiger partial charge in [-0.25, -0.2) is 23.8 Å². The van der Waals surface area contributed by atoms with Crippen molar-refractivity contribution in [1.82, 2.24) is 24.6 Å². The van der Waals surface area contributed by atoms with Gasteiger partial charge in [0, 0.05) is 36.2 Å². The fourth-order valence-corrected chi connectivity index (χ4v) is 5.35. The van der Waals surface area contributed by atoms with Gasteiger partial charge in [-0.1, -0.05) is 12.1 Å². The number of likely N-dealkylation sites (tertiary alicyclic amines) is 1. The summed E-state index contributed by atoms with van der Waals surface area (Å²) in [6.07, 6.45) is 0.508. The highest BCUT2D eigenvalue weighted by Gasteiger charge is 2.47. The SMILES string of the molecule is COc1ccc2c(N)nn(-c3cc(N4C[C@@H]5C[C@H]4CN5C(=O)OC(C)(C)C)nc(-c4cccc(F)c4)n3)c2c1. The molecule has 11 heteroatoms. The number of anilines is 2. The minimum Gasteiger partial charge on any atom is -0.497 e. The number of carbonyl (C=O) groups excluding carboxylic acids is 1. The van der Waals surface area contributed by atoms with Crippen molar-refractivity contribution in [3.05, 3.63) is 54.3 Å². The maximum Gasteiger partial charge on any atom is 0.410 e. The van der Waals surface area contributed by atoms with Gasteiger partial charge in [-0.3, -0.25) is 0 Å². The minimum atomic E-state index is -0.558. The van der Waals surface area contributed by atoms with Gasteiger partial charge in [0.2, 0.25) is 0 Å².